The first-order chi connectivity index (χ1) is 8.41. The molecule has 0 aromatic carbocycles. The van der Waals surface area contributed by atoms with Gasteiger partial charge in [-0.2, -0.15) is 0 Å². The summed E-state index contributed by atoms with van der Waals surface area (Å²) in [5, 5.41) is 0. The zero-order valence-electron chi connectivity index (χ0n) is 12.0. The average molecular weight is 242 g/mol. The summed E-state index contributed by atoms with van der Waals surface area (Å²) in [6.45, 7) is 6.05. The lowest BCUT2D eigenvalue weighted by Gasteiger charge is -2.03. The molecule has 0 heterocycles. The van der Waals surface area contributed by atoms with Gasteiger partial charge in [0, 0.05) is 6.54 Å². The maximum Gasteiger partial charge on any atom is 0.0702 e. The summed E-state index contributed by atoms with van der Waals surface area (Å²) in [6, 6.07) is 0. The van der Waals surface area contributed by atoms with E-state index < -0.39 is 0 Å². The minimum absolute atomic E-state index is 0.816. The van der Waals surface area contributed by atoms with Crippen LogP contribution < -0.4 is 5.48 Å². The third kappa shape index (κ3) is 15.9. The molecule has 0 amide bonds. The van der Waals surface area contributed by atoms with Crippen LogP contribution in [0.3, 0.4) is 0 Å². The summed E-state index contributed by atoms with van der Waals surface area (Å²) in [6.07, 6.45) is 14.8. The van der Waals surface area contributed by atoms with E-state index in [2.05, 4.69) is 19.3 Å². The summed E-state index contributed by atoms with van der Waals surface area (Å²) >= 11 is 0. The summed E-state index contributed by atoms with van der Waals surface area (Å²) in [5.74, 6) is 0. The molecule has 2 nitrogen and oxygen atoms in total. The Morgan fingerprint density at radius 1 is 0.647 bits per heavy atom. The van der Waals surface area contributed by atoms with Crippen LogP contribution in [0.15, 0.2) is 0 Å². The molecule has 0 rings (SSSR count). The van der Waals surface area contributed by atoms with Crippen LogP contribution in [0.5, 0.6) is 0 Å². The van der Waals surface area contributed by atoms with Crippen LogP contribution in [0, 0.1) is 0 Å². The van der Waals surface area contributed by atoms with Gasteiger partial charge in [0.05, 0.1) is 6.61 Å². The van der Waals surface area contributed by atoms with Gasteiger partial charge in [-0.05, 0) is 12.8 Å². The number of hydrogen-bond donors (Lipinski definition) is 0. The highest BCUT2D eigenvalue weighted by Crippen LogP contribution is 2.10. The van der Waals surface area contributed by atoms with Crippen molar-refractivity contribution in [2.75, 3.05) is 13.2 Å². The van der Waals surface area contributed by atoms with Crippen LogP contribution in [-0.4, -0.2) is 13.2 Å². The van der Waals surface area contributed by atoms with Gasteiger partial charge in [-0.3, -0.25) is 4.84 Å². The Labute approximate surface area is 108 Å². The Morgan fingerprint density at radius 2 is 1.18 bits per heavy atom. The SMILES string of the molecule is CCCCCCCCCCCCO[N]CCC. The number of nitrogens with zero attached hydrogens (tertiary/aromatic N) is 1. The predicted molar refractivity (Wildman–Crippen MR) is 75.1 cm³/mol. The number of rotatable bonds is 14. The van der Waals surface area contributed by atoms with E-state index in [4.69, 9.17) is 4.84 Å². The molecule has 0 aliphatic rings. The van der Waals surface area contributed by atoms with Gasteiger partial charge in [0.15, 0.2) is 0 Å². The maximum absolute atomic E-state index is 5.17. The fraction of sp³-hybridized carbons (Fsp3) is 1.00. The van der Waals surface area contributed by atoms with E-state index in [-0.39, 0.29) is 0 Å². The first-order valence-corrected chi connectivity index (χ1v) is 7.70. The molecule has 103 valence electrons. The lowest BCUT2D eigenvalue weighted by atomic mass is 10.1. The topological polar surface area (TPSA) is 23.3 Å². The van der Waals surface area contributed by atoms with Crippen molar-refractivity contribution in [2.24, 2.45) is 0 Å². The molecule has 0 spiro atoms. The molecule has 0 aliphatic heterocycles. The van der Waals surface area contributed by atoms with Crippen LogP contribution in [0.25, 0.3) is 0 Å². The van der Waals surface area contributed by atoms with Crippen molar-refractivity contribution in [1.29, 1.82) is 0 Å². The molecular formula is C15H32NO. The second-order valence-electron chi connectivity index (χ2n) is 4.87. The Morgan fingerprint density at radius 3 is 1.71 bits per heavy atom. The summed E-state index contributed by atoms with van der Waals surface area (Å²) in [7, 11) is 0. The normalized spacial score (nSPS) is 10.9. The van der Waals surface area contributed by atoms with E-state index in [0.717, 1.165) is 19.6 Å². The number of hydroxylamine groups is 1. The highest BCUT2D eigenvalue weighted by atomic mass is 16.6. The monoisotopic (exact) mass is 242 g/mol. The first-order valence-electron chi connectivity index (χ1n) is 7.70. The van der Waals surface area contributed by atoms with E-state index in [1.165, 1.54) is 64.2 Å². The molecule has 0 unspecified atom stereocenters. The molecule has 0 saturated carbocycles. The van der Waals surface area contributed by atoms with E-state index in [1.807, 2.05) is 0 Å². The van der Waals surface area contributed by atoms with Gasteiger partial charge in [-0.1, -0.05) is 77.1 Å². The van der Waals surface area contributed by atoms with Gasteiger partial charge in [-0.25, -0.2) is 0 Å². The second kappa shape index (κ2) is 15.9. The van der Waals surface area contributed by atoms with Gasteiger partial charge in [-0.15, -0.1) is 0 Å². The van der Waals surface area contributed by atoms with Gasteiger partial charge < -0.3 is 0 Å². The largest absolute Gasteiger partial charge is 0.282 e. The van der Waals surface area contributed by atoms with Crippen molar-refractivity contribution in [3.8, 4) is 0 Å². The predicted octanol–water partition coefficient (Wildman–Crippen LogP) is 4.85. The Bertz CT molecular complexity index is 114. The van der Waals surface area contributed by atoms with Crippen LogP contribution in [0.2, 0.25) is 0 Å². The zero-order chi connectivity index (χ0) is 12.6. The second-order valence-corrected chi connectivity index (χ2v) is 4.87. The Balaban J connectivity index is 2.85. The van der Waals surface area contributed by atoms with E-state index >= 15 is 0 Å². The van der Waals surface area contributed by atoms with E-state index in [0.29, 0.717) is 0 Å². The summed E-state index contributed by atoms with van der Waals surface area (Å²) in [5.41, 5.74) is 3.97. The summed E-state index contributed by atoms with van der Waals surface area (Å²) < 4.78 is 0. The smallest absolute Gasteiger partial charge is 0.0702 e. The minimum atomic E-state index is 0.816. The Kier molecular flexibility index (Phi) is 15.8. The summed E-state index contributed by atoms with van der Waals surface area (Å²) in [4.78, 5) is 5.17. The molecular weight excluding hydrogens is 210 g/mol. The Hall–Kier alpha value is -0.0800. The minimum Gasteiger partial charge on any atom is -0.282 e. The molecule has 0 bridgehead atoms. The van der Waals surface area contributed by atoms with Crippen molar-refractivity contribution in [3.63, 3.8) is 0 Å². The maximum atomic E-state index is 5.17. The molecule has 2 heteroatoms. The first kappa shape index (κ1) is 16.9. The molecule has 0 N–H and O–H groups in total. The molecule has 0 aliphatic carbocycles. The standard InChI is InChI=1S/C15H32NO/c1-3-5-6-7-8-9-10-11-12-13-15-17-16-14-4-2/h3-15H2,1-2H3. The number of unbranched alkanes of at least 4 members (excludes halogenated alkanes) is 9. The van der Waals surface area contributed by atoms with Crippen molar-refractivity contribution < 1.29 is 4.84 Å². The van der Waals surface area contributed by atoms with E-state index in [9.17, 15) is 0 Å². The lowest BCUT2D eigenvalue weighted by molar-refractivity contribution is 0.0306. The fourth-order valence-electron chi connectivity index (χ4n) is 1.87. The number of hydrogen-bond acceptors (Lipinski definition) is 1. The highest BCUT2D eigenvalue weighted by Gasteiger charge is 1.93. The van der Waals surface area contributed by atoms with Crippen molar-refractivity contribution in [1.82, 2.24) is 5.48 Å². The quantitative estimate of drug-likeness (QED) is 0.315. The molecule has 0 fully saturated rings. The van der Waals surface area contributed by atoms with Crippen molar-refractivity contribution >= 4 is 0 Å². The van der Waals surface area contributed by atoms with Crippen molar-refractivity contribution in [3.05, 3.63) is 0 Å². The third-order valence-electron chi connectivity index (χ3n) is 3.00. The van der Waals surface area contributed by atoms with Gasteiger partial charge in [0.1, 0.15) is 0 Å². The molecule has 0 aromatic heterocycles. The van der Waals surface area contributed by atoms with Crippen molar-refractivity contribution in [2.45, 2.75) is 84.5 Å². The molecule has 17 heavy (non-hydrogen) atoms. The van der Waals surface area contributed by atoms with Gasteiger partial charge >= 0.3 is 0 Å². The van der Waals surface area contributed by atoms with Gasteiger partial charge in [0.2, 0.25) is 0 Å². The molecule has 0 saturated heterocycles. The van der Waals surface area contributed by atoms with Crippen LogP contribution in [0.1, 0.15) is 84.5 Å². The average Bonchev–Trinajstić information content (AvgIpc) is 2.35. The lowest BCUT2D eigenvalue weighted by Crippen LogP contribution is -2.08. The molecule has 1 radical (unpaired) electrons. The van der Waals surface area contributed by atoms with Gasteiger partial charge in [0.25, 0.3) is 0 Å². The molecule has 0 aromatic rings. The van der Waals surface area contributed by atoms with Crippen LogP contribution >= 0.6 is 0 Å². The zero-order valence-corrected chi connectivity index (χ0v) is 12.0. The highest BCUT2D eigenvalue weighted by molar-refractivity contribution is 4.47. The van der Waals surface area contributed by atoms with Crippen LogP contribution in [0.4, 0.5) is 0 Å². The van der Waals surface area contributed by atoms with E-state index in [1.54, 1.807) is 0 Å². The molecule has 0 atom stereocenters. The van der Waals surface area contributed by atoms with Crippen LogP contribution in [-0.2, 0) is 4.84 Å². The fourth-order valence-corrected chi connectivity index (χ4v) is 1.87. The third-order valence-corrected chi connectivity index (χ3v) is 3.00.